The molecule has 1 aromatic rings. The van der Waals surface area contributed by atoms with Crippen LogP contribution in [-0.4, -0.2) is 21.5 Å². The average molecular weight is 232 g/mol. The summed E-state index contributed by atoms with van der Waals surface area (Å²) in [6.07, 6.45) is 0. The van der Waals surface area contributed by atoms with Crippen LogP contribution in [0.3, 0.4) is 0 Å². The number of rotatable bonds is 3. The second kappa shape index (κ2) is 4.88. The van der Waals surface area contributed by atoms with Gasteiger partial charge in [0.2, 0.25) is 0 Å². The number of benzene rings is 1. The predicted octanol–water partition coefficient (Wildman–Crippen LogP) is 0.724. The first-order valence-corrected chi connectivity index (χ1v) is 5.39. The Balaban J connectivity index is 3.10. The van der Waals surface area contributed by atoms with E-state index in [1.807, 2.05) is 0 Å². The molecule has 6 heteroatoms. The van der Waals surface area contributed by atoms with E-state index in [0.717, 1.165) is 6.07 Å². The summed E-state index contributed by atoms with van der Waals surface area (Å²) in [7, 11) is -1.53. The summed E-state index contributed by atoms with van der Waals surface area (Å²) in [5.74, 6) is -1.70. The van der Waals surface area contributed by atoms with Crippen LogP contribution < -0.4 is 0 Å². The molecule has 4 nitrogen and oxygen atoms in total. The van der Waals surface area contributed by atoms with Crippen LogP contribution >= 0.6 is 0 Å². The van der Waals surface area contributed by atoms with Crippen LogP contribution in [0.1, 0.15) is 15.9 Å². The number of methoxy groups -OCH3 is 1. The number of hydrogen-bond acceptors (Lipinski definition) is 4. The van der Waals surface area contributed by atoms with E-state index in [4.69, 9.17) is 0 Å². The molecule has 0 spiro atoms. The van der Waals surface area contributed by atoms with Gasteiger partial charge >= 0.3 is 5.97 Å². The molecule has 15 heavy (non-hydrogen) atoms. The molecule has 0 aromatic heterocycles. The van der Waals surface area contributed by atoms with Crippen LogP contribution in [0.2, 0.25) is 0 Å². The van der Waals surface area contributed by atoms with Gasteiger partial charge in [0.05, 0.1) is 18.4 Å². The SMILES string of the molecule is COC(=O)c1ccc(F)c(C[SH](=O)=O)c1. The molecule has 1 rings (SSSR count). The lowest BCUT2D eigenvalue weighted by Gasteiger charge is -2.02. The molecule has 1 aromatic carbocycles. The number of esters is 1. The van der Waals surface area contributed by atoms with Crippen LogP contribution in [0.4, 0.5) is 4.39 Å². The van der Waals surface area contributed by atoms with Crippen LogP contribution in [0.25, 0.3) is 0 Å². The summed E-state index contributed by atoms with van der Waals surface area (Å²) in [6, 6.07) is 3.45. The zero-order valence-electron chi connectivity index (χ0n) is 7.90. The molecule has 82 valence electrons. The van der Waals surface area contributed by atoms with Crippen molar-refractivity contribution in [2.45, 2.75) is 5.75 Å². The van der Waals surface area contributed by atoms with Crippen molar-refractivity contribution in [3.05, 3.63) is 35.1 Å². The highest BCUT2D eigenvalue weighted by Crippen LogP contribution is 2.12. The standard InChI is InChI=1S/C9H9FO4S/c1-14-9(11)6-2-3-8(10)7(4-6)5-15(12)13/h2-4,15H,5H2,1H3. The molecule has 0 saturated heterocycles. The first kappa shape index (κ1) is 11.6. The van der Waals surface area contributed by atoms with Crippen molar-refractivity contribution in [2.75, 3.05) is 7.11 Å². The Morgan fingerprint density at radius 1 is 1.47 bits per heavy atom. The van der Waals surface area contributed by atoms with E-state index in [0.29, 0.717) is 0 Å². The molecule has 0 aliphatic rings. The van der Waals surface area contributed by atoms with E-state index in [1.165, 1.54) is 19.2 Å². The fourth-order valence-corrected chi connectivity index (χ4v) is 1.60. The van der Waals surface area contributed by atoms with Gasteiger partial charge in [0.25, 0.3) is 0 Å². The van der Waals surface area contributed by atoms with Crippen LogP contribution in [0.5, 0.6) is 0 Å². The Morgan fingerprint density at radius 3 is 2.67 bits per heavy atom. The van der Waals surface area contributed by atoms with Gasteiger partial charge in [0.1, 0.15) is 16.5 Å². The van der Waals surface area contributed by atoms with E-state index < -0.39 is 28.2 Å². The fraction of sp³-hybridized carbons (Fsp3) is 0.222. The van der Waals surface area contributed by atoms with Crippen LogP contribution in [-0.2, 0) is 21.2 Å². The summed E-state index contributed by atoms with van der Waals surface area (Å²) in [4.78, 5) is 11.1. The molecule has 0 aliphatic heterocycles. The highest BCUT2D eigenvalue weighted by Gasteiger charge is 2.10. The van der Waals surface area contributed by atoms with Gasteiger partial charge in [0, 0.05) is 5.56 Å². The number of thiol groups is 1. The summed E-state index contributed by atoms with van der Waals surface area (Å²) in [5, 5.41) is 0. The maximum absolute atomic E-state index is 13.1. The normalized spacial score (nSPS) is 10.3. The number of ether oxygens (including phenoxy) is 1. The van der Waals surface area contributed by atoms with E-state index in [2.05, 4.69) is 4.74 Å². The molecular formula is C9H9FO4S. The molecule has 0 radical (unpaired) electrons. The zero-order valence-corrected chi connectivity index (χ0v) is 8.79. The van der Waals surface area contributed by atoms with E-state index >= 15 is 0 Å². The maximum atomic E-state index is 13.1. The van der Waals surface area contributed by atoms with Gasteiger partial charge in [-0.15, -0.1) is 0 Å². The smallest absolute Gasteiger partial charge is 0.337 e. The molecule has 0 bridgehead atoms. The maximum Gasteiger partial charge on any atom is 0.337 e. The molecule has 0 amide bonds. The Bertz CT molecular complexity index is 445. The molecule has 0 saturated carbocycles. The van der Waals surface area contributed by atoms with E-state index in [9.17, 15) is 17.6 Å². The third-order valence-electron chi connectivity index (χ3n) is 1.77. The fourth-order valence-electron chi connectivity index (χ4n) is 1.08. The van der Waals surface area contributed by atoms with Crippen LogP contribution in [0.15, 0.2) is 18.2 Å². The lowest BCUT2D eigenvalue weighted by atomic mass is 10.1. The highest BCUT2D eigenvalue weighted by molar-refractivity contribution is 7.71. The molecule has 0 aliphatic carbocycles. The van der Waals surface area contributed by atoms with Crippen molar-refractivity contribution in [3.63, 3.8) is 0 Å². The Hall–Kier alpha value is -1.43. The molecular weight excluding hydrogens is 223 g/mol. The highest BCUT2D eigenvalue weighted by atomic mass is 32.2. The van der Waals surface area contributed by atoms with Crippen molar-refractivity contribution in [1.82, 2.24) is 0 Å². The number of halogens is 1. The first-order chi connectivity index (χ1) is 7.04. The summed E-state index contributed by atoms with van der Waals surface area (Å²) >= 11 is 0. The van der Waals surface area contributed by atoms with Gasteiger partial charge in [-0.1, -0.05) is 0 Å². The monoisotopic (exact) mass is 232 g/mol. The summed E-state index contributed by atoms with van der Waals surface area (Å²) < 4.78 is 38.4. The first-order valence-electron chi connectivity index (χ1n) is 4.03. The van der Waals surface area contributed by atoms with Gasteiger partial charge in [-0.3, -0.25) is 0 Å². The largest absolute Gasteiger partial charge is 0.465 e. The van der Waals surface area contributed by atoms with Gasteiger partial charge in [-0.2, -0.15) is 0 Å². The van der Waals surface area contributed by atoms with Gasteiger partial charge in [-0.05, 0) is 18.2 Å². The minimum atomic E-state index is -2.72. The third-order valence-corrected chi connectivity index (χ3v) is 2.37. The van der Waals surface area contributed by atoms with Crippen molar-refractivity contribution < 1.29 is 22.3 Å². The van der Waals surface area contributed by atoms with E-state index in [1.54, 1.807) is 0 Å². The Morgan fingerprint density at radius 2 is 2.13 bits per heavy atom. The van der Waals surface area contributed by atoms with Crippen LogP contribution in [0, 0.1) is 5.82 Å². The summed E-state index contributed by atoms with van der Waals surface area (Å²) in [6.45, 7) is 0. The number of carbonyl (C=O) groups excluding carboxylic acids is 1. The molecule has 0 heterocycles. The Labute approximate surface area is 87.6 Å². The quantitative estimate of drug-likeness (QED) is 0.616. The van der Waals surface area contributed by atoms with Crippen molar-refractivity contribution >= 4 is 16.7 Å². The molecule has 0 unspecified atom stereocenters. The molecule has 0 N–H and O–H groups in total. The lowest BCUT2D eigenvalue weighted by molar-refractivity contribution is 0.0600. The number of hydrogen-bond donors (Lipinski definition) is 1. The van der Waals surface area contributed by atoms with E-state index in [-0.39, 0.29) is 11.1 Å². The number of carbonyl (C=O) groups is 1. The van der Waals surface area contributed by atoms with Gasteiger partial charge < -0.3 is 4.74 Å². The topological polar surface area (TPSA) is 60.4 Å². The second-order valence-corrected chi connectivity index (χ2v) is 3.77. The van der Waals surface area contributed by atoms with Crippen molar-refractivity contribution in [1.29, 1.82) is 0 Å². The average Bonchev–Trinajstić information content (AvgIpc) is 2.19. The van der Waals surface area contributed by atoms with Crippen molar-refractivity contribution in [3.8, 4) is 0 Å². The van der Waals surface area contributed by atoms with Gasteiger partial charge in [-0.25, -0.2) is 17.6 Å². The molecule has 0 fully saturated rings. The lowest BCUT2D eigenvalue weighted by Crippen LogP contribution is -2.03. The third kappa shape index (κ3) is 3.02. The zero-order chi connectivity index (χ0) is 11.4. The molecule has 0 atom stereocenters. The minimum Gasteiger partial charge on any atom is -0.465 e. The predicted molar refractivity (Wildman–Crippen MR) is 51.8 cm³/mol. The summed E-state index contributed by atoms with van der Waals surface area (Å²) in [5.41, 5.74) is 0.0970. The Kier molecular flexibility index (Phi) is 3.79. The minimum absolute atomic E-state index is 0.0333. The van der Waals surface area contributed by atoms with Gasteiger partial charge in [0.15, 0.2) is 0 Å². The van der Waals surface area contributed by atoms with Crippen molar-refractivity contribution in [2.24, 2.45) is 0 Å². The second-order valence-electron chi connectivity index (χ2n) is 2.79.